The van der Waals surface area contributed by atoms with E-state index in [1.807, 2.05) is 41.9 Å². The van der Waals surface area contributed by atoms with Crippen LogP contribution in [0, 0.1) is 5.82 Å². The third-order valence-corrected chi connectivity index (χ3v) is 4.54. The number of nitrogens with one attached hydrogen (secondary N) is 1. The van der Waals surface area contributed by atoms with Crippen molar-refractivity contribution in [2.24, 2.45) is 7.05 Å². The van der Waals surface area contributed by atoms with E-state index in [0.29, 0.717) is 0 Å². The number of thioether (sulfide) groups is 1. The van der Waals surface area contributed by atoms with Gasteiger partial charge in [0.15, 0.2) is 5.16 Å². The zero-order chi connectivity index (χ0) is 16.9. The van der Waals surface area contributed by atoms with Crippen LogP contribution < -0.4 is 5.32 Å². The van der Waals surface area contributed by atoms with Crippen LogP contribution in [0.2, 0.25) is 0 Å². The molecule has 24 heavy (non-hydrogen) atoms. The van der Waals surface area contributed by atoms with Crippen molar-refractivity contribution in [1.29, 1.82) is 0 Å². The van der Waals surface area contributed by atoms with E-state index in [-0.39, 0.29) is 17.3 Å². The summed E-state index contributed by atoms with van der Waals surface area (Å²) in [6, 6.07) is 16.0. The summed E-state index contributed by atoms with van der Waals surface area (Å²) in [5.41, 5.74) is 2.23. The number of hydrogen-bond donors (Lipinski definition) is 1. The Kier molecular flexibility index (Phi) is 4.96. The lowest BCUT2D eigenvalue weighted by molar-refractivity contribution is -0.113. The Bertz CT molecular complexity index is 848. The molecule has 1 amide bonds. The maximum atomic E-state index is 13.5. The average Bonchev–Trinajstić information content (AvgIpc) is 2.97. The van der Waals surface area contributed by atoms with Crippen molar-refractivity contribution < 1.29 is 9.18 Å². The second-order valence-electron chi connectivity index (χ2n) is 5.17. The van der Waals surface area contributed by atoms with Gasteiger partial charge in [-0.3, -0.25) is 4.79 Å². The van der Waals surface area contributed by atoms with Gasteiger partial charge in [-0.2, -0.15) is 0 Å². The summed E-state index contributed by atoms with van der Waals surface area (Å²) in [7, 11) is 1.91. The molecule has 6 heteroatoms. The highest BCUT2D eigenvalue weighted by Crippen LogP contribution is 2.24. The molecule has 0 atom stereocenters. The first-order valence-electron chi connectivity index (χ1n) is 7.39. The van der Waals surface area contributed by atoms with Crippen molar-refractivity contribution in [3.8, 4) is 11.3 Å². The summed E-state index contributed by atoms with van der Waals surface area (Å²) >= 11 is 1.31. The molecule has 0 unspecified atom stereocenters. The Labute approximate surface area is 143 Å². The topological polar surface area (TPSA) is 46.9 Å². The number of imidazole rings is 1. The molecule has 3 aromatic rings. The zero-order valence-corrected chi connectivity index (χ0v) is 13.9. The lowest BCUT2D eigenvalue weighted by atomic mass is 10.2. The molecule has 0 spiro atoms. The Morgan fingerprint density at radius 2 is 1.88 bits per heavy atom. The van der Waals surface area contributed by atoms with Crippen LogP contribution in [-0.4, -0.2) is 21.2 Å². The normalized spacial score (nSPS) is 10.6. The van der Waals surface area contributed by atoms with Gasteiger partial charge in [0.1, 0.15) is 5.82 Å². The summed E-state index contributed by atoms with van der Waals surface area (Å²) < 4.78 is 15.5. The Hall–Kier alpha value is -2.60. The van der Waals surface area contributed by atoms with E-state index in [0.717, 1.165) is 16.4 Å². The summed E-state index contributed by atoms with van der Waals surface area (Å²) in [6.45, 7) is 0. The Morgan fingerprint density at radius 1 is 1.17 bits per heavy atom. The predicted octanol–water partition coefficient (Wildman–Crippen LogP) is 3.96. The van der Waals surface area contributed by atoms with E-state index in [4.69, 9.17) is 0 Å². The summed E-state index contributed by atoms with van der Waals surface area (Å²) in [6.07, 6.45) is 1.78. The molecule has 0 saturated heterocycles. The van der Waals surface area contributed by atoms with E-state index in [1.54, 1.807) is 18.3 Å². The smallest absolute Gasteiger partial charge is 0.234 e. The first kappa shape index (κ1) is 16.3. The van der Waals surface area contributed by atoms with E-state index >= 15 is 0 Å². The van der Waals surface area contributed by atoms with Crippen LogP contribution in [0.4, 0.5) is 10.1 Å². The Morgan fingerprint density at radius 3 is 2.62 bits per heavy atom. The van der Waals surface area contributed by atoms with Gasteiger partial charge < -0.3 is 9.88 Å². The molecule has 2 aromatic carbocycles. The number of para-hydroxylation sites is 1. The number of anilines is 1. The van der Waals surface area contributed by atoms with Crippen molar-refractivity contribution in [3.63, 3.8) is 0 Å². The highest BCUT2D eigenvalue weighted by molar-refractivity contribution is 7.99. The zero-order valence-electron chi connectivity index (χ0n) is 13.1. The number of amides is 1. The number of hydrogen-bond acceptors (Lipinski definition) is 3. The maximum absolute atomic E-state index is 13.5. The van der Waals surface area contributed by atoms with E-state index < -0.39 is 5.82 Å². The molecular weight excluding hydrogens is 325 g/mol. The molecule has 1 aromatic heterocycles. The lowest BCUT2D eigenvalue weighted by Gasteiger charge is -2.07. The van der Waals surface area contributed by atoms with Gasteiger partial charge in [0, 0.05) is 7.05 Å². The minimum Gasteiger partial charge on any atom is -0.323 e. The molecule has 4 nitrogen and oxygen atoms in total. The quantitative estimate of drug-likeness (QED) is 0.715. The minimum atomic E-state index is -0.445. The van der Waals surface area contributed by atoms with Gasteiger partial charge in [-0.05, 0) is 17.7 Å². The fourth-order valence-corrected chi connectivity index (χ4v) is 3.03. The first-order chi connectivity index (χ1) is 11.6. The van der Waals surface area contributed by atoms with Crippen molar-refractivity contribution >= 4 is 23.4 Å². The highest BCUT2D eigenvalue weighted by Gasteiger charge is 2.12. The van der Waals surface area contributed by atoms with Crippen LogP contribution in [0.25, 0.3) is 11.3 Å². The highest BCUT2D eigenvalue weighted by atomic mass is 32.2. The number of rotatable bonds is 5. The SMILES string of the molecule is Cn1c(-c2ccccc2)cnc1SCC(=O)Nc1ccccc1F. The van der Waals surface area contributed by atoms with Gasteiger partial charge in [0.05, 0.1) is 23.3 Å². The van der Waals surface area contributed by atoms with Gasteiger partial charge in [-0.15, -0.1) is 0 Å². The van der Waals surface area contributed by atoms with E-state index in [9.17, 15) is 9.18 Å². The number of carbonyl (C=O) groups is 1. The summed E-state index contributed by atoms with van der Waals surface area (Å²) in [5.74, 6) is -0.554. The molecule has 3 rings (SSSR count). The maximum Gasteiger partial charge on any atom is 0.234 e. The second kappa shape index (κ2) is 7.31. The van der Waals surface area contributed by atoms with Gasteiger partial charge in [0.25, 0.3) is 0 Å². The molecule has 0 aliphatic rings. The molecular formula is C18H16FN3OS. The lowest BCUT2D eigenvalue weighted by Crippen LogP contribution is -2.15. The number of aromatic nitrogens is 2. The third-order valence-electron chi connectivity index (χ3n) is 3.50. The predicted molar refractivity (Wildman–Crippen MR) is 94.4 cm³/mol. The first-order valence-corrected chi connectivity index (χ1v) is 8.38. The Balaban J connectivity index is 1.64. The fraction of sp³-hybridized carbons (Fsp3) is 0.111. The minimum absolute atomic E-state index is 0.160. The van der Waals surface area contributed by atoms with Crippen LogP contribution in [0.5, 0.6) is 0 Å². The summed E-state index contributed by atoms with van der Waals surface area (Å²) in [4.78, 5) is 16.4. The third kappa shape index (κ3) is 3.65. The van der Waals surface area contributed by atoms with Gasteiger partial charge in [-0.1, -0.05) is 54.2 Å². The van der Waals surface area contributed by atoms with Crippen molar-refractivity contribution in [2.75, 3.05) is 11.1 Å². The van der Waals surface area contributed by atoms with Crippen LogP contribution in [0.3, 0.4) is 0 Å². The number of halogens is 1. The van der Waals surface area contributed by atoms with Gasteiger partial charge in [-0.25, -0.2) is 9.37 Å². The molecule has 0 bridgehead atoms. The van der Waals surface area contributed by atoms with Crippen molar-refractivity contribution in [3.05, 3.63) is 66.6 Å². The van der Waals surface area contributed by atoms with E-state index in [2.05, 4.69) is 10.3 Å². The van der Waals surface area contributed by atoms with Crippen LogP contribution in [-0.2, 0) is 11.8 Å². The number of nitrogens with zero attached hydrogens (tertiary/aromatic N) is 2. The summed E-state index contributed by atoms with van der Waals surface area (Å²) in [5, 5.41) is 3.30. The van der Waals surface area contributed by atoms with E-state index in [1.165, 1.54) is 23.9 Å². The second-order valence-corrected chi connectivity index (χ2v) is 6.11. The molecule has 0 saturated carbocycles. The van der Waals surface area contributed by atoms with Crippen molar-refractivity contribution in [2.45, 2.75) is 5.16 Å². The monoisotopic (exact) mass is 341 g/mol. The molecule has 0 aliphatic heterocycles. The molecule has 0 radical (unpaired) electrons. The number of carbonyl (C=O) groups excluding carboxylic acids is 1. The molecule has 0 aliphatic carbocycles. The fourth-order valence-electron chi connectivity index (χ4n) is 2.28. The van der Waals surface area contributed by atoms with Gasteiger partial charge >= 0.3 is 0 Å². The largest absolute Gasteiger partial charge is 0.323 e. The van der Waals surface area contributed by atoms with Crippen LogP contribution in [0.1, 0.15) is 0 Å². The standard InChI is InChI=1S/C18H16FN3OS/c1-22-16(13-7-3-2-4-8-13)11-20-18(22)24-12-17(23)21-15-10-6-5-9-14(15)19/h2-11H,12H2,1H3,(H,21,23). The van der Waals surface area contributed by atoms with Crippen LogP contribution >= 0.6 is 11.8 Å². The molecule has 122 valence electrons. The molecule has 0 fully saturated rings. The van der Waals surface area contributed by atoms with Crippen molar-refractivity contribution in [1.82, 2.24) is 9.55 Å². The van der Waals surface area contributed by atoms with Crippen LogP contribution in [0.15, 0.2) is 66.0 Å². The molecule has 1 heterocycles. The molecule has 1 N–H and O–H groups in total. The van der Waals surface area contributed by atoms with Gasteiger partial charge in [0.2, 0.25) is 5.91 Å². The number of benzene rings is 2. The average molecular weight is 341 g/mol.